The minimum absolute atomic E-state index is 0.476. The van der Waals surface area contributed by atoms with Crippen LogP contribution in [-0.2, 0) is 12.8 Å². The number of halogens is 1. The van der Waals surface area contributed by atoms with Crippen LogP contribution >= 0.6 is 15.9 Å². The summed E-state index contributed by atoms with van der Waals surface area (Å²) in [5.41, 5.74) is 5.31. The molecule has 3 heteroatoms. The third-order valence-corrected chi connectivity index (χ3v) is 4.78. The highest BCUT2D eigenvalue weighted by molar-refractivity contribution is 9.10. The molecule has 0 amide bonds. The smallest absolute Gasteiger partial charge is 0.119 e. The van der Waals surface area contributed by atoms with Gasteiger partial charge >= 0.3 is 0 Å². The number of hydrogen-bond acceptors (Lipinski definition) is 2. The van der Waals surface area contributed by atoms with Gasteiger partial charge in [-0.15, -0.1) is 0 Å². The van der Waals surface area contributed by atoms with Gasteiger partial charge < -0.3 is 10.1 Å². The van der Waals surface area contributed by atoms with E-state index in [2.05, 4.69) is 64.6 Å². The molecule has 0 radical (unpaired) electrons. The maximum atomic E-state index is 5.34. The van der Waals surface area contributed by atoms with Crippen molar-refractivity contribution in [1.29, 1.82) is 0 Å². The number of ether oxygens (including phenoxy) is 1. The molecule has 0 bridgehead atoms. The van der Waals surface area contributed by atoms with Gasteiger partial charge in [-0.2, -0.15) is 0 Å². The van der Waals surface area contributed by atoms with Gasteiger partial charge in [0.1, 0.15) is 5.75 Å². The van der Waals surface area contributed by atoms with Crippen molar-refractivity contribution in [1.82, 2.24) is 0 Å². The van der Waals surface area contributed by atoms with Crippen LogP contribution in [0.3, 0.4) is 0 Å². The summed E-state index contributed by atoms with van der Waals surface area (Å²) in [6.45, 7) is 2.11. The summed E-state index contributed by atoms with van der Waals surface area (Å²) in [7, 11) is 1.73. The SMILES string of the molecule is COc1ccc2c(c1)CC(Nc1ccc(C)cc1Br)CC2. The minimum atomic E-state index is 0.476. The quantitative estimate of drug-likeness (QED) is 0.867. The standard InChI is InChI=1S/C18H20BrNO/c1-12-3-8-18(17(19)9-12)20-15-6-4-13-5-7-16(21-2)11-14(13)10-15/h3,5,7-9,11,15,20H,4,6,10H2,1-2H3. The van der Waals surface area contributed by atoms with E-state index in [9.17, 15) is 0 Å². The summed E-state index contributed by atoms with van der Waals surface area (Å²) in [4.78, 5) is 0. The van der Waals surface area contributed by atoms with E-state index >= 15 is 0 Å². The van der Waals surface area contributed by atoms with Crippen molar-refractivity contribution in [3.63, 3.8) is 0 Å². The number of benzene rings is 2. The van der Waals surface area contributed by atoms with Crippen LogP contribution in [0, 0.1) is 6.92 Å². The van der Waals surface area contributed by atoms with E-state index in [1.165, 1.54) is 28.8 Å². The molecule has 0 fully saturated rings. The van der Waals surface area contributed by atoms with Crippen molar-refractivity contribution in [2.45, 2.75) is 32.2 Å². The molecule has 0 saturated heterocycles. The van der Waals surface area contributed by atoms with Crippen molar-refractivity contribution in [3.05, 3.63) is 57.6 Å². The van der Waals surface area contributed by atoms with Crippen molar-refractivity contribution in [2.75, 3.05) is 12.4 Å². The molecule has 1 N–H and O–H groups in total. The molecule has 1 atom stereocenters. The lowest BCUT2D eigenvalue weighted by Gasteiger charge is -2.27. The first-order valence-corrected chi connectivity index (χ1v) is 8.13. The first-order valence-electron chi connectivity index (χ1n) is 7.34. The number of nitrogens with one attached hydrogen (secondary N) is 1. The zero-order valence-electron chi connectivity index (χ0n) is 12.4. The molecule has 2 aromatic rings. The predicted molar refractivity (Wildman–Crippen MR) is 91.3 cm³/mol. The van der Waals surface area contributed by atoms with E-state index in [1.54, 1.807) is 7.11 Å². The van der Waals surface area contributed by atoms with E-state index in [-0.39, 0.29) is 0 Å². The zero-order valence-corrected chi connectivity index (χ0v) is 14.0. The van der Waals surface area contributed by atoms with Gasteiger partial charge in [-0.3, -0.25) is 0 Å². The Hall–Kier alpha value is -1.48. The summed E-state index contributed by atoms with van der Waals surface area (Å²) in [5, 5.41) is 3.67. The second-order valence-corrected chi connectivity index (χ2v) is 6.56. The maximum absolute atomic E-state index is 5.34. The van der Waals surface area contributed by atoms with Crippen LogP contribution in [-0.4, -0.2) is 13.2 Å². The molecule has 0 saturated carbocycles. The normalized spacial score (nSPS) is 17.2. The fraction of sp³-hybridized carbons (Fsp3) is 0.333. The third-order valence-electron chi connectivity index (χ3n) is 4.13. The van der Waals surface area contributed by atoms with Crippen LogP contribution in [0.1, 0.15) is 23.1 Å². The van der Waals surface area contributed by atoms with E-state index in [0.717, 1.165) is 23.1 Å². The van der Waals surface area contributed by atoms with Crippen molar-refractivity contribution in [3.8, 4) is 5.75 Å². The molecule has 0 aliphatic heterocycles. The number of aryl methyl sites for hydroxylation is 2. The highest BCUT2D eigenvalue weighted by Crippen LogP contribution is 2.29. The third kappa shape index (κ3) is 3.24. The average molecular weight is 346 g/mol. The molecule has 2 aromatic carbocycles. The lowest BCUT2D eigenvalue weighted by molar-refractivity contribution is 0.413. The second-order valence-electron chi connectivity index (χ2n) is 5.70. The number of anilines is 1. The van der Waals surface area contributed by atoms with Gasteiger partial charge in [0.05, 0.1) is 7.11 Å². The van der Waals surface area contributed by atoms with Crippen LogP contribution in [0.5, 0.6) is 5.75 Å². The Kier molecular flexibility index (Phi) is 4.20. The molecular formula is C18H20BrNO. The first-order chi connectivity index (χ1) is 10.2. The molecule has 1 unspecified atom stereocenters. The second kappa shape index (κ2) is 6.10. The van der Waals surface area contributed by atoms with E-state index in [4.69, 9.17) is 4.74 Å². The van der Waals surface area contributed by atoms with Gasteiger partial charge in [0.15, 0.2) is 0 Å². The van der Waals surface area contributed by atoms with Crippen LogP contribution in [0.4, 0.5) is 5.69 Å². The number of fused-ring (bicyclic) bond motifs is 1. The largest absolute Gasteiger partial charge is 0.497 e. The Morgan fingerprint density at radius 2 is 2.00 bits per heavy atom. The Bertz CT molecular complexity index is 654. The summed E-state index contributed by atoms with van der Waals surface area (Å²) >= 11 is 3.65. The monoisotopic (exact) mass is 345 g/mol. The molecule has 1 aliphatic rings. The van der Waals surface area contributed by atoms with Gasteiger partial charge in [0, 0.05) is 16.2 Å². The molecule has 0 aromatic heterocycles. The first kappa shape index (κ1) is 14.5. The summed E-state index contributed by atoms with van der Waals surface area (Å²) in [6, 6.07) is 13.4. The molecule has 0 spiro atoms. The molecule has 3 rings (SSSR count). The van der Waals surface area contributed by atoms with Gasteiger partial charge in [0.2, 0.25) is 0 Å². The molecule has 0 heterocycles. The Morgan fingerprint density at radius 3 is 2.76 bits per heavy atom. The Morgan fingerprint density at radius 1 is 1.14 bits per heavy atom. The topological polar surface area (TPSA) is 21.3 Å². The summed E-state index contributed by atoms with van der Waals surface area (Å²) in [6.07, 6.45) is 3.34. The zero-order chi connectivity index (χ0) is 14.8. The molecule has 21 heavy (non-hydrogen) atoms. The fourth-order valence-corrected chi connectivity index (χ4v) is 3.55. The minimum Gasteiger partial charge on any atom is -0.497 e. The van der Waals surface area contributed by atoms with Gasteiger partial charge in [0.25, 0.3) is 0 Å². The number of methoxy groups -OCH3 is 1. The predicted octanol–water partition coefficient (Wildman–Crippen LogP) is 4.74. The summed E-state index contributed by atoms with van der Waals surface area (Å²) in [5.74, 6) is 0.950. The maximum Gasteiger partial charge on any atom is 0.119 e. The highest BCUT2D eigenvalue weighted by Gasteiger charge is 2.19. The van der Waals surface area contributed by atoms with Crippen LogP contribution in [0.25, 0.3) is 0 Å². The van der Waals surface area contributed by atoms with Gasteiger partial charge in [-0.25, -0.2) is 0 Å². The van der Waals surface area contributed by atoms with Gasteiger partial charge in [-0.1, -0.05) is 12.1 Å². The molecule has 1 aliphatic carbocycles. The average Bonchev–Trinajstić information content (AvgIpc) is 2.49. The van der Waals surface area contributed by atoms with E-state index in [0.29, 0.717) is 6.04 Å². The lowest BCUT2D eigenvalue weighted by Crippen LogP contribution is -2.27. The molecule has 2 nitrogen and oxygen atoms in total. The fourth-order valence-electron chi connectivity index (χ4n) is 2.94. The van der Waals surface area contributed by atoms with Crippen molar-refractivity contribution >= 4 is 21.6 Å². The van der Waals surface area contributed by atoms with Crippen molar-refractivity contribution < 1.29 is 4.74 Å². The number of hydrogen-bond donors (Lipinski definition) is 1. The number of rotatable bonds is 3. The van der Waals surface area contributed by atoms with Gasteiger partial charge in [-0.05, 0) is 83.1 Å². The molecule has 110 valence electrons. The van der Waals surface area contributed by atoms with Crippen LogP contribution < -0.4 is 10.1 Å². The summed E-state index contributed by atoms with van der Waals surface area (Å²) < 4.78 is 6.48. The Labute approximate surface area is 134 Å². The Balaban J connectivity index is 1.76. The van der Waals surface area contributed by atoms with E-state index in [1.807, 2.05) is 0 Å². The van der Waals surface area contributed by atoms with Crippen LogP contribution in [0.15, 0.2) is 40.9 Å². The highest BCUT2D eigenvalue weighted by atomic mass is 79.9. The van der Waals surface area contributed by atoms with E-state index < -0.39 is 0 Å². The van der Waals surface area contributed by atoms with Crippen LogP contribution in [0.2, 0.25) is 0 Å². The van der Waals surface area contributed by atoms with Crippen molar-refractivity contribution in [2.24, 2.45) is 0 Å². The molecular weight excluding hydrogens is 326 g/mol. The lowest BCUT2D eigenvalue weighted by atomic mass is 9.88.